The van der Waals surface area contributed by atoms with Gasteiger partial charge in [-0.05, 0) is 55.5 Å². The Morgan fingerprint density at radius 1 is 0.962 bits per heavy atom. The Kier molecular flexibility index (Phi) is 4.39. The van der Waals surface area contributed by atoms with Gasteiger partial charge in [0.15, 0.2) is 17.3 Å². The third kappa shape index (κ3) is 3.31. The van der Waals surface area contributed by atoms with E-state index in [4.69, 9.17) is 9.97 Å². The first kappa shape index (κ1) is 16.3. The molecule has 1 aliphatic carbocycles. The van der Waals surface area contributed by atoms with Crippen LogP contribution >= 0.6 is 0 Å². The molecule has 132 valence electrons. The summed E-state index contributed by atoms with van der Waals surface area (Å²) in [6, 6.07) is 8.74. The van der Waals surface area contributed by atoms with E-state index < -0.39 is 0 Å². The topological polar surface area (TPSA) is 91.2 Å². The van der Waals surface area contributed by atoms with E-state index in [9.17, 15) is 10.2 Å². The van der Waals surface area contributed by atoms with Gasteiger partial charge in [-0.25, -0.2) is 9.97 Å². The lowest BCUT2D eigenvalue weighted by atomic mass is 10.1. The van der Waals surface area contributed by atoms with Crippen molar-refractivity contribution in [1.82, 2.24) is 15.0 Å². The van der Waals surface area contributed by atoms with Gasteiger partial charge in [-0.1, -0.05) is 6.07 Å². The molecule has 26 heavy (non-hydrogen) atoms. The zero-order chi connectivity index (χ0) is 17.9. The molecular formula is C20H20N4O2. The first-order valence-corrected chi connectivity index (χ1v) is 8.75. The predicted molar refractivity (Wildman–Crippen MR) is 99.3 cm³/mol. The standard InChI is InChI=1S/C20H20N4O2/c25-17-5-4-13(12-18(17)26)6-11-22-20-15-2-1-3-16(15)23-19(24-20)14-7-9-21-10-8-14/h4-5,7-10,12,25-26H,1-3,6,11H2,(H,22,23,24). The fourth-order valence-electron chi connectivity index (χ4n) is 3.26. The van der Waals surface area contributed by atoms with Crippen molar-refractivity contribution in [1.29, 1.82) is 0 Å². The van der Waals surface area contributed by atoms with Gasteiger partial charge in [-0.2, -0.15) is 0 Å². The minimum Gasteiger partial charge on any atom is -0.504 e. The van der Waals surface area contributed by atoms with Crippen LogP contribution < -0.4 is 5.32 Å². The maximum atomic E-state index is 9.61. The molecule has 0 aliphatic heterocycles. The van der Waals surface area contributed by atoms with Gasteiger partial charge in [0.1, 0.15) is 5.82 Å². The number of pyridine rings is 1. The molecule has 0 atom stereocenters. The van der Waals surface area contributed by atoms with Crippen molar-refractivity contribution in [3.63, 3.8) is 0 Å². The number of hydrogen-bond acceptors (Lipinski definition) is 6. The van der Waals surface area contributed by atoms with E-state index in [0.717, 1.165) is 54.1 Å². The van der Waals surface area contributed by atoms with Crippen LogP contribution in [0.2, 0.25) is 0 Å². The van der Waals surface area contributed by atoms with Gasteiger partial charge in [0.25, 0.3) is 0 Å². The number of fused-ring (bicyclic) bond motifs is 1. The van der Waals surface area contributed by atoms with E-state index in [2.05, 4.69) is 10.3 Å². The molecule has 0 saturated heterocycles. The highest BCUT2D eigenvalue weighted by Crippen LogP contribution is 2.29. The molecular weight excluding hydrogens is 328 g/mol. The minimum atomic E-state index is -0.0997. The van der Waals surface area contributed by atoms with Crippen LogP contribution in [0.1, 0.15) is 23.2 Å². The molecule has 2 aromatic heterocycles. The average Bonchev–Trinajstić information content (AvgIpc) is 3.14. The van der Waals surface area contributed by atoms with Crippen molar-refractivity contribution in [2.45, 2.75) is 25.7 Å². The van der Waals surface area contributed by atoms with E-state index in [1.807, 2.05) is 18.2 Å². The van der Waals surface area contributed by atoms with E-state index in [1.54, 1.807) is 18.5 Å². The van der Waals surface area contributed by atoms with Crippen LogP contribution in [-0.4, -0.2) is 31.7 Å². The molecule has 3 N–H and O–H groups in total. The summed E-state index contributed by atoms with van der Waals surface area (Å²) in [7, 11) is 0. The van der Waals surface area contributed by atoms with Crippen molar-refractivity contribution < 1.29 is 10.2 Å². The third-order valence-corrected chi connectivity index (χ3v) is 4.62. The minimum absolute atomic E-state index is 0.0922. The first-order valence-electron chi connectivity index (χ1n) is 8.75. The van der Waals surface area contributed by atoms with Crippen molar-refractivity contribution in [3.8, 4) is 22.9 Å². The summed E-state index contributed by atoms with van der Waals surface area (Å²) in [6.07, 6.45) is 7.29. The highest BCUT2D eigenvalue weighted by atomic mass is 16.3. The lowest BCUT2D eigenvalue weighted by Crippen LogP contribution is -2.10. The summed E-state index contributed by atoms with van der Waals surface area (Å²) >= 11 is 0. The maximum Gasteiger partial charge on any atom is 0.161 e. The van der Waals surface area contributed by atoms with Gasteiger partial charge >= 0.3 is 0 Å². The largest absolute Gasteiger partial charge is 0.504 e. The molecule has 0 amide bonds. The number of nitrogens with zero attached hydrogens (tertiary/aromatic N) is 3. The van der Waals surface area contributed by atoms with Crippen molar-refractivity contribution in [2.24, 2.45) is 0 Å². The number of anilines is 1. The quantitative estimate of drug-likeness (QED) is 0.614. The van der Waals surface area contributed by atoms with Gasteiger partial charge in [0.05, 0.1) is 0 Å². The van der Waals surface area contributed by atoms with Gasteiger partial charge in [-0.15, -0.1) is 0 Å². The summed E-state index contributed by atoms with van der Waals surface area (Å²) in [5, 5.41) is 22.4. The lowest BCUT2D eigenvalue weighted by molar-refractivity contribution is 0.403. The molecule has 6 heteroatoms. The number of hydrogen-bond donors (Lipinski definition) is 3. The van der Waals surface area contributed by atoms with Crippen LogP contribution in [-0.2, 0) is 19.3 Å². The highest BCUT2D eigenvalue weighted by molar-refractivity contribution is 5.60. The van der Waals surface area contributed by atoms with Gasteiger partial charge in [0.2, 0.25) is 0 Å². The summed E-state index contributed by atoms with van der Waals surface area (Å²) in [5.74, 6) is 1.42. The fraction of sp³-hybridized carbons (Fsp3) is 0.250. The van der Waals surface area contributed by atoms with Gasteiger partial charge < -0.3 is 15.5 Å². The molecule has 0 fully saturated rings. The van der Waals surface area contributed by atoms with Gasteiger partial charge in [0, 0.05) is 35.8 Å². The molecule has 3 aromatic rings. The van der Waals surface area contributed by atoms with Crippen LogP contribution in [0.5, 0.6) is 11.5 Å². The Morgan fingerprint density at radius 3 is 2.62 bits per heavy atom. The zero-order valence-corrected chi connectivity index (χ0v) is 14.3. The second-order valence-electron chi connectivity index (χ2n) is 6.41. The smallest absolute Gasteiger partial charge is 0.161 e. The molecule has 0 unspecified atom stereocenters. The molecule has 6 nitrogen and oxygen atoms in total. The second-order valence-corrected chi connectivity index (χ2v) is 6.41. The van der Waals surface area contributed by atoms with Crippen LogP contribution in [0.3, 0.4) is 0 Å². The number of aromatic hydroxyl groups is 2. The molecule has 0 spiro atoms. The number of aromatic nitrogens is 3. The Morgan fingerprint density at radius 2 is 1.81 bits per heavy atom. The second kappa shape index (κ2) is 7.00. The Labute approximate surface area is 151 Å². The van der Waals surface area contributed by atoms with E-state index in [-0.39, 0.29) is 11.5 Å². The van der Waals surface area contributed by atoms with Crippen molar-refractivity contribution in [3.05, 3.63) is 59.5 Å². The number of phenols is 2. The summed E-state index contributed by atoms with van der Waals surface area (Å²) in [4.78, 5) is 13.5. The van der Waals surface area contributed by atoms with E-state index in [1.165, 1.54) is 11.6 Å². The predicted octanol–water partition coefficient (Wildman–Crippen LogP) is 3.09. The summed E-state index contributed by atoms with van der Waals surface area (Å²) < 4.78 is 0. The first-order chi connectivity index (χ1) is 12.7. The Bertz CT molecular complexity index is 929. The maximum absolute atomic E-state index is 9.61. The SMILES string of the molecule is Oc1ccc(CCNc2nc(-c3ccncc3)nc3c2CCC3)cc1O. The Balaban J connectivity index is 1.54. The molecule has 1 aliphatic rings. The summed E-state index contributed by atoms with van der Waals surface area (Å²) in [6.45, 7) is 0.684. The molecule has 4 rings (SSSR count). The van der Waals surface area contributed by atoms with Crippen molar-refractivity contribution in [2.75, 3.05) is 11.9 Å². The van der Waals surface area contributed by atoms with Crippen LogP contribution in [0, 0.1) is 0 Å². The lowest BCUT2D eigenvalue weighted by Gasteiger charge is -2.12. The van der Waals surface area contributed by atoms with Crippen LogP contribution in [0.15, 0.2) is 42.7 Å². The van der Waals surface area contributed by atoms with E-state index in [0.29, 0.717) is 6.54 Å². The third-order valence-electron chi connectivity index (χ3n) is 4.62. The summed E-state index contributed by atoms with van der Waals surface area (Å²) in [5.41, 5.74) is 4.24. The van der Waals surface area contributed by atoms with Gasteiger partial charge in [-0.3, -0.25) is 4.98 Å². The Hall–Kier alpha value is -3.15. The number of phenolic OH excluding ortho intramolecular Hbond substituents is 2. The number of benzene rings is 1. The number of aryl methyl sites for hydroxylation is 1. The highest BCUT2D eigenvalue weighted by Gasteiger charge is 2.19. The monoisotopic (exact) mass is 348 g/mol. The van der Waals surface area contributed by atoms with Crippen LogP contribution in [0.4, 0.5) is 5.82 Å². The average molecular weight is 348 g/mol. The van der Waals surface area contributed by atoms with Crippen LogP contribution in [0.25, 0.3) is 11.4 Å². The fourth-order valence-corrected chi connectivity index (χ4v) is 3.26. The molecule has 0 radical (unpaired) electrons. The molecule has 0 saturated carbocycles. The van der Waals surface area contributed by atoms with Crippen molar-refractivity contribution >= 4 is 5.82 Å². The molecule has 2 heterocycles. The normalized spacial score (nSPS) is 12.8. The molecule has 0 bridgehead atoms. The zero-order valence-electron chi connectivity index (χ0n) is 14.3. The number of nitrogens with one attached hydrogen (secondary N) is 1. The molecule has 1 aromatic carbocycles. The van der Waals surface area contributed by atoms with E-state index >= 15 is 0 Å². The number of rotatable bonds is 5.